The average molecular weight is 272 g/mol. The van der Waals surface area contributed by atoms with E-state index in [1.54, 1.807) is 6.92 Å². The normalized spacial score (nSPS) is 12.6. The van der Waals surface area contributed by atoms with Crippen LogP contribution in [0.2, 0.25) is 0 Å². The molecule has 3 N–H and O–H groups in total. The van der Waals surface area contributed by atoms with E-state index >= 15 is 0 Å². The van der Waals surface area contributed by atoms with Crippen LogP contribution in [0, 0.1) is 0 Å². The lowest BCUT2D eigenvalue weighted by Gasteiger charge is -2.05. The Morgan fingerprint density at radius 1 is 1.39 bits per heavy atom. The highest BCUT2D eigenvalue weighted by molar-refractivity contribution is 7.91. The fraction of sp³-hybridized carbons (Fsp3) is 0.364. The van der Waals surface area contributed by atoms with Gasteiger partial charge in [-0.1, -0.05) is 5.16 Å². The summed E-state index contributed by atoms with van der Waals surface area (Å²) in [6, 6.07) is 5.83. The van der Waals surface area contributed by atoms with E-state index in [1.165, 1.54) is 24.3 Å². The van der Waals surface area contributed by atoms with Crippen LogP contribution in [-0.4, -0.2) is 38.4 Å². The minimum Gasteiger partial charge on any atom is -0.409 e. The fourth-order valence-corrected chi connectivity index (χ4v) is 2.45. The molecule has 0 aliphatic rings. The number of benzene rings is 1. The molecule has 0 saturated heterocycles. The Morgan fingerprint density at radius 2 is 2.00 bits per heavy atom. The Kier molecular flexibility index (Phi) is 5.11. The molecule has 18 heavy (non-hydrogen) atoms. The number of oxime groups is 1. The van der Waals surface area contributed by atoms with Gasteiger partial charge in [0.25, 0.3) is 0 Å². The maximum atomic E-state index is 11.9. The molecular weight excluding hydrogens is 256 g/mol. The third kappa shape index (κ3) is 3.71. The zero-order valence-electron chi connectivity index (χ0n) is 10.0. The molecule has 7 heteroatoms. The van der Waals surface area contributed by atoms with E-state index in [0.29, 0.717) is 12.2 Å². The molecule has 1 aromatic carbocycles. The summed E-state index contributed by atoms with van der Waals surface area (Å²) in [5.41, 5.74) is 5.84. The van der Waals surface area contributed by atoms with Gasteiger partial charge < -0.3 is 15.7 Å². The van der Waals surface area contributed by atoms with Gasteiger partial charge in [-0.05, 0) is 31.2 Å². The number of amidine groups is 1. The van der Waals surface area contributed by atoms with Crippen molar-refractivity contribution in [3.05, 3.63) is 29.8 Å². The first-order valence-electron chi connectivity index (χ1n) is 5.39. The molecule has 0 atom stereocenters. The van der Waals surface area contributed by atoms with Crippen LogP contribution in [0.15, 0.2) is 34.3 Å². The van der Waals surface area contributed by atoms with Gasteiger partial charge in [0.2, 0.25) is 0 Å². The van der Waals surface area contributed by atoms with Gasteiger partial charge in [-0.25, -0.2) is 8.42 Å². The summed E-state index contributed by atoms with van der Waals surface area (Å²) in [7, 11) is -3.35. The van der Waals surface area contributed by atoms with Gasteiger partial charge in [0, 0.05) is 12.2 Å². The second kappa shape index (κ2) is 6.36. The Balaban J connectivity index is 2.84. The standard InChI is InChI=1S/C11H16N2O4S/c1-2-17-7-8-18(15,16)10-5-3-9(4-6-10)11(12)13-14/h3-6,14H,2,7-8H2,1H3,(H2,12,13). The maximum absolute atomic E-state index is 11.9. The molecule has 0 aromatic heterocycles. The summed E-state index contributed by atoms with van der Waals surface area (Å²) >= 11 is 0. The van der Waals surface area contributed by atoms with Crippen LogP contribution in [0.1, 0.15) is 12.5 Å². The maximum Gasteiger partial charge on any atom is 0.180 e. The molecule has 0 bridgehead atoms. The Labute approximate surface area is 106 Å². The van der Waals surface area contributed by atoms with Crippen LogP contribution in [-0.2, 0) is 14.6 Å². The van der Waals surface area contributed by atoms with E-state index < -0.39 is 9.84 Å². The van der Waals surface area contributed by atoms with Crippen molar-refractivity contribution in [3.63, 3.8) is 0 Å². The lowest BCUT2D eigenvalue weighted by atomic mass is 10.2. The highest BCUT2D eigenvalue weighted by Gasteiger charge is 2.14. The molecule has 0 heterocycles. The van der Waals surface area contributed by atoms with Crippen LogP contribution >= 0.6 is 0 Å². The lowest BCUT2D eigenvalue weighted by molar-refractivity contribution is 0.163. The van der Waals surface area contributed by atoms with Crippen LogP contribution in [0.4, 0.5) is 0 Å². The number of ether oxygens (including phenoxy) is 1. The minimum absolute atomic E-state index is 0.0618. The predicted molar refractivity (Wildman–Crippen MR) is 67.5 cm³/mol. The Hall–Kier alpha value is -1.60. The molecule has 100 valence electrons. The Bertz CT molecular complexity index is 508. The van der Waals surface area contributed by atoms with Gasteiger partial charge in [0.15, 0.2) is 15.7 Å². The lowest BCUT2D eigenvalue weighted by Crippen LogP contribution is -2.15. The summed E-state index contributed by atoms with van der Waals surface area (Å²) in [5, 5.41) is 11.3. The number of hydrogen-bond donors (Lipinski definition) is 2. The van der Waals surface area contributed by atoms with Crippen molar-refractivity contribution < 1.29 is 18.4 Å². The van der Waals surface area contributed by atoms with Crippen molar-refractivity contribution >= 4 is 15.7 Å². The van der Waals surface area contributed by atoms with E-state index in [4.69, 9.17) is 15.7 Å². The number of nitrogens with zero attached hydrogens (tertiary/aromatic N) is 1. The SMILES string of the molecule is CCOCCS(=O)(=O)c1ccc(/C(N)=N/O)cc1. The second-order valence-electron chi connectivity index (χ2n) is 3.53. The van der Waals surface area contributed by atoms with Gasteiger partial charge >= 0.3 is 0 Å². The summed E-state index contributed by atoms with van der Waals surface area (Å²) in [5.74, 6) is -0.128. The number of nitrogens with two attached hydrogens (primary N) is 1. The first-order valence-corrected chi connectivity index (χ1v) is 7.05. The summed E-state index contributed by atoms with van der Waals surface area (Å²) in [6.07, 6.45) is 0. The molecule has 0 radical (unpaired) electrons. The second-order valence-corrected chi connectivity index (χ2v) is 5.63. The molecule has 0 saturated carbocycles. The topological polar surface area (TPSA) is 102 Å². The third-order valence-electron chi connectivity index (χ3n) is 2.32. The quantitative estimate of drug-likeness (QED) is 0.259. The van der Waals surface area contributed by atoms with E-state index in [9.17, 15) is 8.42 Å². The van der Waals surface area contributed by atoms with Gasteiger partial charge in [-0.2, -0.15) is 0 Å². The fourth-order valence-electron chi connectivity index (χ4n) is 1.32. The van der Waals surface area contributed by atoms with Gasteiger partial charge in [-0.3, -0.25) is 0 Å². The molecule has 1 rings (SSSR count). The molecule has 0 amide bonds. The number of rotatable bonds is 6. The number of hydrogen-bond acceptors (Lipinski definition) is 5. The molecule has 1 aromatic rings. The monoisotopic (exact) mass is 272 g/mol. The highest BCUT2D eigenvalue weighted by atomic mass is 32.2. The average Bonchev–Trinajstić information content (AvgIpc) is 2.38. The zero-order chi connectivity index (χ0) is 13.6. The molecule has 0 aliphatic heterocycles. The van der Waals surface area contributed by atoms with Crippen LogP contribution in [0.5, 0.6) is 0 Å². The van der Waals surface area contributed by atoms with Gasteiger partial charge in [0.05, 0.1) is 17.3 Å². The summed E-state index contributed by atoms with van der Waals surface area (Å²) < 4.78 is 28.8. The first kappa shape index (κ1) is 14.5. The molecule has 0 spiro atoms. The summed E-state index contributed by atoms with van der Waals surface area (Å²) in [4.78, 5) is 0.191. The van der Waals surface area contributed by atoms with Crippen molar-refractivity contribution in [2.45, 2.75) is 11.8 Å². The van der Waals surface area contributed by atoms with E-state index in [2.05, 4.69) is 5.16 Å². The molecule has 0 fully saturated rings. The number of sulfone groups is 1. The van der Waals surface area contributed by atoms with Gasteiger partial charge in [-0.15, -0.1) is 0 Å². The van der Waals surface area contributed by atoms with Crippen molar-refractivity contribution in [3.8, 4) is 0 Å². The third-order valence-corrected chi connectivity index (χ3v) is 4.01. The van der Waals surface area contributed by atoms with E-state index in [1.807, 2.05) is 0 Å². The molecule has 0 unspecified atom stereocenters. The van der Waals surface area contributed by atoms with Crippen LogP contribution in [0.25, 0.3) is 0 Å². The van der Waals surface area contributed by atoms with E-state index in [0.717, 1.165) is 0 Å². The van der Waals surface area contributed by atoms with Crippen LogP contribution in [0.3, 0.4) is 0 Å². The first-order chi connectivity index (χ1) is 8.51. The van der Waals surface area contributed by atoms with Gasteiger partial charge in [0.1, 0.15) is 0 Å². The van der Waals surface area contributed by atoms with Crippen LogP contribution < -0.4 is 5.73 Å². The van der Waals surface area contributed by atoms with E-state index in [-0.39, 0.29) is 23.1 Å². The van der Waals surface area contributed by atoms with Crippen molar-refractivity contribution in [1.29, 1.82) is 0 Å². The zero-order valence-corrected chi connectivity index (χ0v) is 10.9. The molecule has 6 nitrogen and oxygen atoms in total. The van der Waals surface area contributed by atoms with Crippen molar-refractivity contribution in [2.24, 2.45) is 10.9 Å². The predicted octanol–water partition coefficient (Wildman–Crippen LogP) is 0.591. The summed E-state index contributed by atoms with van der Waals surface area (Å²) in [6.45, 7) is 2.46. The highest BCUT2D eigenvalue weighted by Crippen LogP contribution is 2.12. The Morgan fingerprint density at radius 3 is 2.50 bits per heavy atom. The van der Waals surface area contributed by atoms with Crippen molar-refractivity contribution in [2.75, 3.05) is 19.0 Å². The molecule has 0 aliphatic carbocycles. The largest absolute Gasteiger partial charge is 0.409 e. The smallest absolute Gasteiger partial charge is 0.180 e. The minimum atomic E-state index is -3.35. The molecular formula is C11H16N2O4S. The van der Waals surface area contributed by atoms with Crippen molar-refractivity contribution in [1.82, 2.24) is 0 Å².